The molecule has 0 bridgehead atoms. The van der Waals surface area contributed by atoms with Gasteiger partial charge in [-0.3, -0.25) is 4.79 Å². The molecule has 0 spiro atoms. The summed E-state index contributed by atoms with van der Waals surface area (Å²) in [5, 5.41) is 2.67. The zero-order chi connectivity index (χ0) is 19.9. The van der Waals surface area contributed by atoms with E-state index in [2.05, 4.69) is 5.32 Å². The maximum absolute atomic E-state index is 12.6. The van der Waals surface area contributed by atoms with Crippen LogP contribution < -0.4 is 10.1 Å². The molecule has 1 amide bonds. The third-order valence-corrected chi connectivity index (χ3v) is 6.68. The number of rotatable bonds is 9. The van der Waals surface area contributed by atoms with Gasteiger partial charge in [-0.05, 0) is 48.7 Å². The first-order valence-corrected chi connectivity index (χ1v) is 11.2. The highest BCUT2D eigenvalue weighted by atomic mass is 32.2. The summed E-state index contributed by atoms with van der Waals surface area (Å²) in [6, 6.07) is 13.7. The van der Waals surface area contributed by atoms with Gasteiger partial charge in [0.15, 0.2) is 6.61 Å². The summed E-state index contributed by atoms with van der Waals surface area (Å²) in [4.78, 5) is 13.4. The molecule has 0 fully saturated rings. The Morgan fingerprint density at radius 3 is 2.37 bits per heavy atom. The Morgan fingerprint density at radius 2 is 1.78 bits per heavy atom. The van der Waals surface area contributed by atoms with Crippen molar-refractivity contribution in [1.29, 1.82) is 0 Å². The van der Waals surface area contributed by atoms with Gasteiger partial charge in [-0.1, -0.05) is 19.9 Å². The van der Waals surface area contributed by atoms with Crippen LogP contribution in [0.2, 0.25) is 0 Å². The zero-order valence-corrected chi connectivity index (χ0v) is 17.3. The zero-order valence-electron chi connectivity index (χ0n) is 15.6. The van der Waals surface area contributed by atoms with Crippen LogP contribution in [0.15, 0.2) is 58.3 Å². The first-order chi connectivity index (χ1) is 12.9. The van der Waals surface area contributed by atoms with Crippen molar-refractivity contribution in [2.45, 2.75) is 23.6 Å². The van der Waals surface area contributed by atoms with Gasteiger partial charge in [0.05, 0.1) is 4.90 Å². The second kappa shape index (κ2) is 9.77. The van der Waals surface area contributed by atoms with Crippen LogP contribution in [0.1, 0.15) is 13.8 Å². The molecule has 2 rings (SSSR count). The van der Waals surface area contributed by atoms with Crippen LogP contribution in [0.25, 0.3) is 0 Å². The molecule has 0 aliphatic carbocycles. The number of thioether (sulfide) groups is 1. The first kappa shape index (κ1) is 21.3. The predicted molar refractivity (Wildman–Crippen MR) is 109 cm³/mol. The van der Waals surface area contributed by atoms with E-state index in [1.54, 1.807) is 49.9 Å². The summed E-state index contributed by atoms with van der Waals surface area (Å²) in [7, 11) is -3.57. The SMILES string of the molecule is CCN(CC)S(=O)(=O)c1cccc(NC(=O)COc2ccc(SC)cc2)c1. The molecule has 146 valence electrons. The minimum atomic E-state index is -3.57. The van der Waals surface area contributed by atoms with E-state index in [1.807, 2.05) is 18.4 Å². The third kappa shape index (κ3) is 5.72. The average Bonchev–Trinajstić information content (AvgIpc) is 2.67. The minimum Gasteiger partial charge on any atom is -0.484 e. The van der Waals surface area contributed by atoms with Crippen LogP contribution in [0.5, 0.6) is 5.75 Å². The average molecular weight is 409 g/mol. The second-order valence-corrected chi connectivity index (χ2v) is 8.45. The number of anilines is 1. The Hall–Kier alpha value is -2.03. The highest BCUT2D eigenvalue weighted by Gasteiger charge is 2.21. The smallest absolute Gasteiger partial charge is 0.262 e. The van der Waals surface area contributed by atoms with Crippen molar-refractivity contribution in [3.8, 4) is 5.75 Å². The van der Waals surface area contributed by atoms with Gasteiger partial charge in [-0.15, -0.1) is 11.8 Å². The van der Waals surface area contributed by atoms with Crippen molar-refractivity contribution in [3.05, 3.63) is 48.5 Å². The maximum atomic E-state index is 12.6. The molecule has 0 unspecified atom stereocenters. The minimum absolute atomic E-state index is 0.151. The van der Waals surface area contributed by atoms with Crippen LogP contribution in [0.3, 0.4) is 0 Å². The summed E-state index contributed by atoms with van der Waals surface area (Å²) in [5.41, 5.74) is 0.412. The van der Waals surface area contributed by atoms with Crippen molar-refractivity contribution in [2.24, 2.45) is 0 Å². The Labute approximate surface area is 165 Å². The van der Waals surface area contributed by atoms with Crippen LogP contribution in [-0.4, -0.2) is 44.6 Å². The molecule has 2 aromatic rings. The molecule has 0 saturated heterocycles. The molecule has 0 aliphatic rings. The fourth-order valence-corrected chi connectivity index (χ4v) is 4.38. The van der Waals surface area contributed by atoms with E-state index < -0.39 is 10.0 Å². The first-order valence-electron chi connectivity index (χ1n) is 8.57. The number of hydrogen-bond acceptors (Lipinski definition) is 5. The molecule has 2 aromatic carbocycles. The number of nitrogens with one attached hydrogen (secondary N) is 1. The highest BCUT2D eigenvalue weighted by Crippen LogP contribution is 2.20. The van der Waals surface area contributed by atoms with Crippen LogP contribution in [-0.2, 0) is 14.8 Å². The standard InChI is InChI=1S/C19H24N2O4S2/c1-4-21(5-2)27(23,24)18-8-6-7-15(13-18)20-19(22)14-25-16-9-11-17(26-3)12-10-16/h6-13H,4-5,14H2,1-3H3,(H,20,22). The van der Waals surface area contributed by atoms with E-state index in [9.17, 15) is 13.2 Å². The van der Waals surface area contributed by atoms with Gasteiger partial charge in [-0.25, -0.2) is 8.42 Å². The molecule has 0 aliphatic heterocycles. The molecule has 0 saturated carbocycles. The van der Waals surface area contributed by atoms with Gasteiger partial charge < -0.3 is 10.1 Å². The topological polar surface area (TPSA) is 75.7 Å². The van der Waals surface area contributed by atoms with E-state index >= 15 is 0 Å². The largest absolute Gasteiger partial charge is 0.484 e. The maximum Gasteiger partial charge on any atom is 0.262 e. The van der Waals surface area contributed by atoms with Crippen molar-refractivity contribution in [3.63, 3.8) is 0 Å². The lowest BCUT2D eigenvalue weighted by atomic mass is 10.3. The Kier molecular flexibility index (Phi) is 7.70. The van der Waals surface area contributed by atoms with E-state index in [1.165, 1.54) is 16.4 Å². The molecule has 0 atom stereocenters. The van der Waals surface area contributed by atoms with Crippen LogP contribution >= 0.6 is 11.8 Å². The van der Waals surface area contributed by atoms with Crippen molar-refractivity contribution >= 4 is 33.4 Å². The number of carbonyl (C=O) groups excluding carboxylic acids is 1. The molecular formula is C19H24N2O4S2. The Morgan fingerprint density at radius 1 is 1.11 bits per heavy atom. The normalized spacial score (nSPS) is 11.4. The van der Waals surface area contributed by atoms with Gasteiger partial charge in [0.1, 0.15) is 5.75 Å². The summed E-state index contributed by atoms with van der Waals surface area (Å²) < 4.78 is 32.0. The number of nitrogens with zero attached hydrogens (tertiary/aromatic N) is 1. The second-order valence-electron chi connectivity index (χ2n) is 5.63. The summed E-state index contributed by atoms with van der Waals surface area (Å²) in [6.07, 6.45) is 1.98. The van der Waals surface area contributed by atoms with E-state index in [0.717, 1.165) is 4.90 Å². The number of ether oxygens (including phenoxy) is 1. The molecular weight excluding hydrogens is 384 g/mol. The lowest BCUT2D eigenvalue weighted by Crippen LogP contribution is -2.30. The highest BCUT2D eigenvalue weighted by molar-refractivity contribution is 7.98. The molecule has 0 radical (unpaired) electrons. The van der Waals surface area contributed by atoms with Crippen molar-refractivity contribution in [1.82, 2.24) is 4.31 Å². The predicted octanol–water partition coefficient (Wildman–Crippen LogP) is 3.46. The van der Waals surface area contributed by atoms with Gasteiger partial charge in [-0.2, -0.15) is 4.31 Å². The molecule has 0 heterocycles. The quantitative estimate of drug-likeness (QED) is 0.643. The molecule has 8 heteroatoms. The van der Waals surface area contributed by atoms with Gasteiger partial charge >= 0.3 is 0 Å². The summed E-state index contributed by atoms with van der Waals surface area (Å²) in [5.74, 6) is 0.238. The Bertz CT molecular complexity index is 864. The number of carbonyl (C=O) groups is 1. The lowest BCUT2D eigenvalue weighted by Gasteiger charge is -2.18. The molecule has 1 N–H and O–H groups in total. The molecule has 6 nitrogen and oxygen atoms in total. The van der Waals surface area contributed by atoms with E-state index in [4.69, 9.17) is 4.74 Å². The van der Waals surface area contributed by atoms with Crippen molar-refractivity contribution < 1.29 is 17.9 Å². The van der Waals surface area contributed by atoms with Gasteiger partial charge in [0.2, 0.25) is 10.0 Å². The van der Waals surface area contributed by atoms with E-state index in [-0.39, 0.29) is 17.4 Å². The van der Waals surface area contributed by atoms with Crippen LogP contribution in [0, 0.1) is 0 Å². The summed E-state index contributed by atoms with van der Waals surface area (Å²) in [6.45, 7) is 4.19. The number of amides is 1. The molecule has 0 aromatic heterocycles. The van der Waals surface area contributed by atoms with Crippen molar-refractivity contribution in [2.75, 3.05) is 31.3 Å². The van der Waals surface area contributed by atoms with Crippen LogP contribution in [0.4, 0.5) is 5.69 Å². The fourth-order valence-electron chi connectivity index (χ4n) is 2.46. The number of hydrogen-bond donors (Lipinski definition) is 1. The van der Waals surface area contributed by atoms with Gasteiger partial charge in [0.25, 0.3) is 5.91 Å². The third-order valence-electron chi connectivity index (χ3n) is 3.89. The fraction of sp³-hybridized carbons (Fsp3) is 0.316. The van der Waals surface area contributed by atoms with Gasteiger partial charge in [0, 0.05) is 23.7 Å². The number of benzene rings is 2. The summed E-state index contributed by atoms with van der Waals surface area (Å²) >= 11 is 1.62. The molecule has 27 heavy (non-hydrogen) atoms. The number of sulfonamides is 1. The monoisotopic (exact) mass is 408 g/mol. The van der Waals surface area contributed by atoms with E-state index in [0.29, 0.717) is 24.5 Å². The lowest BCUT2D eigenvalue weighted by molar-refractivity contribution is -0.118. The Balaban J connectivity index is 2.01.